The molecule has 2 saturated heterocycles. The van der Waals surface area contributed by atoms with Crippen molar-refractivity contribution in [2.75, 3.05) is 32.8 Å². The van der Waals surface area contributed by atoms with Gasteiger partial charge in [0.1, 0.15) is 43.5 Å². The lowest BCUT2D eigenvalue weighted by molar-refractivity contribution is -0.150. The van der Waals surface area contributed by atoms with Crippen molar-refractivity contribution < 1.29 is 28.5 Å². The van der Waals surface area contributed by atoms with Gasteiger partial charge < -0.3 is 24.3 Å². The van der Waals surface area contributed by atoms with Gasteiger partial charge in [0.25, 0.3) is 0 Å². The fourth-order valence-electron chi connectivity index (χ4n) is 5.58. The molecule has 1 aromatic carbocycles. The van der Waals surface area contributed by atoms with Crippen molar-refractivity contribution in [3.05, 3.63) is 53.7 Å². The highest BCUT2D eigenvalue weighted by Crippen LogP contribution is 2.33. The van der Waals surface area contributed by atoms with E-state index in [0.717, 1.165) is 36.3 Å². The number of imidazole rings is 1. The molecule has 2 unspecified atom stereocenters. The van der Waals surface area contributed by atoms with Gasteiger partial charge in [-0.05, 0) is 44.0 Å². The molecule has 228 valence electrons. The minimum Gasteiger partial charge on any atom is -0.459 e. The third-order valence-electron chi connectivity index (χ3n) is 7.76. The number of carbonyl (C=O) groups is 2. The average molecular weight is 591 g/mol. The quantitative estimate of drug-likeness (QED) is 0.261. The normalized spacial score (nSPS) is 21.9. The van der Waals surface area contributed by atoms with Gasteiger partial charge in [0.05, 0.1) is 12.0 Å². The monoisotopic (exact) mass is 590 g/mol. The van der Waals surface area contributed by atoms with Crippen LogP contribution in [-0.4, -0.2) is 87.6 Å². The molecule has 2 fully saturated rings. The molecule has 3 aromatic rings. The SMILES string of the molecule is C#Cc1ccc(CN(CCOC(=O)OC[C@H]2O[C@@H](n3cnc4c(C)ncnc43)CC2OC(C)=O)CC2CCCCN2)cc1. The predicted molar refractivity (Wildman–Crippen MR) is 157 cm³/mol. The van der Waals surface area contributed by atoms with Crippen molar-refractivity contribution >= 4 is 23.3 Å². The molecule has 12 nitrogen and oxygen atoms in total. The van der Waals surface area contributed by atoms with E-state index in [1.165, 1.54) is 26.1 Å². The minimum absolute atomic E-state index is 0.134. The lowest BCUT2D eigenvalue weighted by atomic mass is 10.0. The van der Waals surface area contributed by atoms with Crippen LogP contribution < -0.4 is 5.32 Å². The van der Waals surface area contributed by atoms with Gasteiger partial charge in [0.2, 0.25) is 0 Å². The fourth-order valence-corrected chi connectivity index (χ4v) is 5.58. The third kappa shape index (κ3) is 8.07. The first-order valence-corrected chi connectivity index (χ1v) is 14.7. The highest BCUT2D eigenvalue weighted by molar-refractivity contribution is 5.72. The van der Waals surface area contributed by atoms with Crippen molar-refractivity contribution in [2.45, 2.75) is 70.6 Å². The Morgan fingerprint density at radius 1 is 1.19 bits per heavy atom. The van der Waals surface area contributed by atoms with Crippen molar-refractivity contribution in [3.8, 4) is 12.3 Å². The summed E-state index contributed by atoms with van der Waals surface area (Å²) in [6.45, 7) is 6.31. The number of nitrogens with one attached hydrogen (secondary N) is 1. The number of aryl methyl sites for hydroxylation is 1. The first-order chi connectivity index (χ1) is 20.9. The fraction of sp³-hybridized carbons (Fsp3) is 0.516. The van der Waals surface area contributed by atoms with Crippen molar-refractivity contribution in [2.24, 2.45) is 0 Å². The van der Waals surface area contributed by atoms with E-state index in [1.807, 2.05) is 31.2 Å². The van der Waals surface area contributed by atoms with Crippen LogP contribution in [0.4, 0.5) is 4.79 Å². The maximum Gasteiger partial charge on any atom is 0.508 e. The summed E-state index contributed by atoms with van der Waals surface area (Å²) in [5, 5.41) is 3.58. The molecule has 4 atom stereocenters. The van der Waals surface area contributed by atoms with Crippen LogP contribution in [0.3, 0.4) is 0 Å². The van der Waals surface area contributed by atoms with E-state index < -0.39 is 30.6 Å². The van der Waals surface area contributed by atoms with E-state index in [0.29, 0.717) is 36.7 Å². The Kier molecular flexibility index (Phi) is 10.2. The molecule has 4 heterocycles. The Morgan fingerprint density at radius 2 is 2.02 bits per heavy atom. The molecule has 0 aliphatic carbocycles. The van der Waals surface area contributed by atoms with Crippen LogP contribution in [-0.2, 0) is 30.3 Å². The Labute approximate surface area is 251 Å². The number of ether oxygens (including phenoxy) is 4. The van der Waals surface area contributed by atoms with Gasteiger partial charge in [-0.2, -0.15) is 0 Å². The van der Waals surface area contributed by atoms with Crippen LogP contribution >= 0.6 is 0 Å². The first-order valence-electron chi connectivity index (χ1n) is 14.7. The average Bonchev–Trinajstić information content (AvgIpc) is 3.61. The molecular formula is C31H38N6O6. The van der Waals surface area contributed by atoms with Crippen molar-refractivity contribution in [1.82, 2.24) is 29.7 Å². The lowest BCUT2D eigenvalue weighted by Crippen LogP contribution is -2.44. The Hall–Kier alpha value is -4.05. The summed E-state index contributed by atoms with van der Waals surface area (Å²) in [5.74, 6) is 2.20. The van der Waals surface area contributed by atoms with Gasteiger partial charge in [-0.15, -0.1) is 6.42 Å². The van der Waals surface area contributed by atoms with Crippen LogP contribution in [0.25, 0.3) is 11.2 Å². The zero-order chi connectivity index (χ0) is 30.2. The number of esters is 1. The van der Waals surface area contributed by atoms with E-state index in [2.05, 4.69) is 31.1 Å². The van der Waals surface area contributed by atoms with Crippen LogP contribution in [0.5, 0.6) is 0 Å². The number of carbonyl (C=O) groups excluding carboxylic acids is 2. The zero-order valence-corrected chi connectivity index (χ0v) is 24.6. The summed E-state index contributed by atoms with van der Waals surface area (Å²) in [5.41, 5.74) is 3.99. The number of hydrogen-bond acceptors (Lipinski definition) is 11. The maximum absolute atomic E-state index is 12.6. The van der Waals surface area contributed by atoms with E-state index in [4.69, 9.17) is 25.4 Å². The number of rotatable bonds is 11. The molecule has 0 spiro atoms. The largest absolute Gasteiger partial charge is 0.508 e. The number of benzene rings is 1. The van der Waals surface area contributed by atoms with E-state index in [9.17, 15) is 9.59 Å². The molecule has 2 aliphatic heterocycles. The summed E-state index contributed by atoms with van der Waals surface area (Å²) in [7, 11) is 0. The highest BCUT2D eigenvalue weighted by Gasteiger charge is 2.40. The van der Waals surface area contributed by atoms with Gasteiger partial charge >= 0.3 is 12.1 Å². The molecule has 2 aliphatic rings. The smallest absolute Gasteiger partial charge is 0.459 e. The second kappa shape index (κ2) is 14.4. The molecule has 0 bridgehead atoms. The molecule has 0 amide bonds. The lowest BCUT2D eigenvalue weighted by Gasteiger charge is -2.30. The second-order valence-electron chi connectivity index (χ2n) is 10.9. The molecule has 12 heteroatoms. The second-order valence-corrected chi connectivity index (χ2v) is 10.9. The van der Waals surface area contributed by atoms with Crippen LogP contribution in [0.2, 0.25) is 0 Å². The number of aromatic nitrogens is 4. The molecule has 1 N–H and O–H groups in total. The Bertz CT molecular complexity index is 1430. The highest BCUT2D eigenvalue weighted by atomic mass is 16.7. The Morgan fingerprint density at radius 3 is 2.77 bits per heavy atom. The molecule has 2 aromatic heterocycles. The molecule has 43 heavy (non-hydrogen) atoms. The summed E-state index contributed by atoms with van der Waals surface area (Å²) in [6, 6.07) is 8.31. The molecule has 0 saturated carbocycles. The van der Waals surface area contributed by atoms with Crippen LogP contribution in [0.15, 0.2) is 36.9 Å². The van der Waals surface area contributed by atoms with Gasteiger partial charge in [-0.25, -0.2) is 19.7 Å². The summed E-state index contributed by atoms with van der Waals surface area (Å²) >= 11 is 0. The van der Waals surface area contributed by atoms with Gasteiger partial charge in [0, 0.05) is 44.6 Å². The van der Waals surface area contributed by atoms with Crippen molar-refractivity contribution in [1.29, 1.82) is 0 Å². The van der Waals surface area contributed by atoms with E-state index in [1.54, 1.807) is 10.9 Å². The number of fused-ring (bicyclic) bond motifs is 1. The minimum atomic E-state index is -0.806. The van der Waals surface area contributed by atoms with Gasteiger partial charge in [-0.3, -0.25) is 14.3 Å². The summed E-state index contributed by atoms with van der Waals surface area (Å²) in [6.07, 6.45) is 9.83. The maximum atomic E-state index is 12.6. The van der Waals surface area contributed by atoms with Gasteiger partial charge in [0.15, 0.2) is 5.65 Å². The van der Waals surface area contributed by atoms with Crippen LogP contribution in [0.1, 0.15) is 55.7 Å². The standard InChI is InChI=1S/C31H38N6O6/c1-4-23-8-10-24(11-9-23)16-36(17-25-7-5-6-12-32-25)13-14-40-31(39)41-18-27-26(42-22(3)38)15-28(43-27)37-20-35-29-21(2)33-19-34-30(29)37/h1,8-11,19-20,25-28,32H,5-7,12-18H2,2-3H3/t25?,26?,27-,28-/m1/s1. The van der Waals surface area contributed by atoms with Crippen LogP contribution in [0, 0.1) is 19.3 Å². The Balaban J connectivity index is 1.14. The molecule has 0 radical (unpaired) electrons. The zero-order valence-electron chi connectivity index (χ0n) is 24.6. The molecular weight excluding hydrogens is 552 g/mol. The van der Waals surface area contributed by atoms with E-state index >= 15 is 0 Å². The summed E-state index contributed by atoms with van der Waals surface area (Å²) in [4.78, 5) is 39.5. The van der Waals surface area contributed by atoms with E-state index in [-0.39, 0.29) is 13.2 Å². The number of piperidine rings is 1. The molecule has 5 rings (SSSR count). The number of nitrogens with zero attached hydrogens (tertiary/aromatic N) is 5. The summed E-state index contributed by atoms with van der Waals surface area (Å²) < 4.78 is 24.3. The predicted octanol–water partition coefficient (Wildman–Crippen LogP) is 3.13. The third-order valence-corrected chi connectivity index (χ3v) is 7.76. The van der Waals surface area contributed by atoms with Crippen molar-refractivity contribution in [3.63, 3.8) is 0 Å². The first kappa shape index (κ1) is 30.4. The number of hydrogen-bond donors (Lipinski definition) is 1. The number of terminal acetylenes is 1. The topological polar surface area (TPSA) is 130 Å². The van der Waals surface area contributed by atoms with Gasteiger partial charge in [-0.1, -0.05) is 24.5 Å².